The third-order valence-corrected chi connectivity index (χ3v) is 4.69. The number of amides is 2. The van der Waals surface area contributed by atoms with Gasteiger partial charge in [0.15, 0.2) is 0 Å². The molecule has 0 saturated carbocycles. The SMILES string of the molecule is O=C(Nc1ccccc1C(=O)N1CCOCC1)c1ccc2c(c1)COC2. The quantitative estimate of drug-likeness (QED) is 0.921. The molecule has 2 aromatic carbocycles. The van der Waals surface area contributed by atoms with Crippen molar-refractivity contribution in [2.45, 2.75) is 13.2 Å². The van der Waals surface area contributed by atoms with Crippen molar-refractivity contribution in [3.8, 4) is 0 Å². The molecule has 2 amide bonds. The summed E-state index contributed by atoms with van der Waals surface area (Å²) in [7, 11) is 0. The van der Waals surface area contributed by atoms with Gasteiger partial charge in [0.1, 0.15) is 0 Å². The zero-order valence-electron chi connectivity index (χ0n) is 14.4. The number of anilines is 1. The molecule has 1 saturated heterocycles. The number of rotatable bonds is 3. The Labute approximate surface area is 151 Å². The number of ether oxygens (including phenoxy) is 2. The van der Waals surface area contributed by atoms with Crippen LogP contribution < -0.4 is 5.32 Å². The molecule has 2 aliphatic rings. The Morgan fingerprint density at radius 1 is 0.923 bits per heavy atom. The summed E-state index contributed by atoms with van der Waals surface area (Å²) >= 11 is 0. The average Bonchev–Trinajstić information content (AvgIpc) is 3.16. The fourth-order valence-electron chi connectivity index (χ4n) is 3.22. The second-order valence-corrected chi connectivity index (χ2v) is 6.38. The van der Waals surface area contributed by atoms with Gasteiger partial charge in [0, 0.05) is 18.7 Å². The van der Waals surface area contributed by atoms with Crippen molar-refractivity contribution >= 4 is 17.5 Å². The Bertz CT molecular complexity index is 843. The highest BCUT2D eigenvalue weighted by Crippen LogP contribution is 2.23. The molecule has 0 atom stereocenters. The molecule has 1 N–H and O–H groups in total. The lowest BCUT2D eigenvalue weighted by Gasteiger charge is -2.27. The molecule has 0 spiro atoms. The second-order valence-electron chi connectivity index (χ2n) is 6.38. The molecule has 26 heavy (non-hydrogen) atoms. The van der Waals surface area contributed by atoms with E-state index in [9.17, 15) is 9.59 Å². The highest BCUT2D eigenvalue weighted by Gasteiger charge is 2.22. The molecule has 2 heterocycles. The third kappa shape index (κ3) is 3.34. The van der Waals surface area contributed by atoms with E-state index in [4.69, 9.17) is 9.47 Å². The van der Waals surface area contributed by atoms with Crippen molar-refractivity contribution in [3.05, 3.63) is 64.7 Å². The summed E-state index contributed by atoms with van der Waals surface area (Å²) < 4.78 is 10.7. The summed E-state index contributed by atoms with van der Waals surface area (Å²) in [5.74, 6) is -0.325. The van der Waals surface area contributed by atoms with Crippen molar-refractivity contribution in [1.29, 1.82) is 0 Å². The van der Waals surface area contributed by atoms with E-state index in [0.717, 1.165) is 11.1 Å². The molecule has 6 heteroatoms. The fourth-order valence-corrected chi connectivity index (χ4v) is 3.22. The zero-order valence-corrected chi connectivity index (χ0v) is 14.4. The highest BCUT2D eigenvalue weighted by atomic mass is 16.5. The van der Waals surface area contributed by atoms with Crippen LogP contribution in [0.1, 0.15) is 31.8 Å². The normalized spacial score (nSPS) is 16.2. The first kappa shape index (κ1) is 16.8. The van der Waals surface area contributed by atoms with E-state index >= 15 is 0 Å². The van der Waals surface area contributed by atoms with E-state index in [1.807, 2.05) is 18.2 Å². The molecule has 0 aromatic heterocycles. The van der Waals surface area contributed by atoms with Crippen LogP contribution in [0, 0.1) is 0 Å². The van der Waals surface area contributed by atoms with Gasteiger partial charge in [-0.2, -0.15) is 0 Å². The van der Waals surface area contributed by atoms with Crippen LogP contribution in [0.5, 0.6) is 0 Å². The van der Waals surface area contributed by atoms with Crippen molar-refractivity contribution in [1.82, 2.24) is 4.90 Å². The van der Waals surface area contributed by atoms with E-state index in [-0.39, 0.29) is 11.8 Å². The predicted molar refractivity (Wildman–Crippen MR) is 96.1 cm³/mol. The Morgan fingerprint density at radius 2 is 1.69 bits per heavy atom. The number of hydrogen-bond donors (Lipinski definition) is 1. The Hall–Kier alpha value is -2.70. The lowest BCUT2D eigenvalue weighted by Crippen LogP contribution is -2.41. The summed E-state index contributed by atoms with van der Waals surface area (Å²) in [5, 5.41) is 2.88. The minimum absolute atomic E-state index is 0.0912. The van der Waals surface area contributed by atoms with Crippen molar-refractivity contribution in [2.24, 2.45) is 0 Å². The first-order chi connectivity index (χ1) is 12.7. The maximum absolute atomic E-state index is 12.8. The first-order valence-corrected chi connectivity index (χ1v) is 8.69. The van der Waals surface area contributed by atoms with E-state index in [1.165, 1.54) is 0 Å². The van der Waals surface area contributed by atoms with Crippen LogP contribution in [0.4, 0.5) is 5.69 Å². The van der Waals surface area contributed by atoms with Crippen molar-refractivity contribution in [2.75, 3.05) is 31.6 Å². The average molecular weight is 352 g/mol. The number of nitrogens with zero attached hydrogens (tertiary/aromatic N) is 1. The molecule has 4 rings (SSSR count). The zero-order chi connectivity index (χ0) is 17.9. The Morgan fingerprint density at radius 3 is 2.54 bits per heavy atom. The van der Waals surface area contributed by atoms with E-state index in [2.05, 4.69) is 5.32 Å². The molecule has 134 valence electrons. The van der Waals surface area contributed by atoms with Gasteiger partial charge in [-0.25, -0.2) is 0 Å². The maximum atomic E-state index is 12.8. The summed E-state index contributed by atoms with van der Waals surface area (Å²) in [5.41, 5.74) is 3.72. The van der Waals surface area contributed by atoms with E-state index < -0.39 is 0 Å². The number of carbonyl (C=O) groups is 2. The number of fused-ring (bicyclic) bond motifs is 1. The minimum Gasteiger partial charge on any atom is -0.378 e. The highest BCUT2D eigenvalue weighted by molar-refractivity contribution is 6.09. The lowest BCUT2D eigenvalue weighted by molar-refractivity contribution is 0.0303. The van der Waals surface area contributed by atoms with Gasteiger partial charge >= 0.3 is 0 Å². The van der Waals surface area contributed by atoms with Crippen LogP contribution in [-0.2, 0) is 22.7 Å². The molecule has 0 bridgehead atoms. The minimum atomic E-state index is -0.234. The number of carbonyl (C=O) groups excluding carboxylic acids is 2. The Kier molecular flexibility index (Phi) is 4.69. The number of morpholine rings is 1. The van der Waals surface area contributed by atoms with Gasteiger partial charge in [-0.3, -0.25) is 9.59 Å². The summed E-state index contributed by atoms with van der Waals surface area (Å²) in [4.78, 5) is 27.2. The smallest absolute Gasteiger partial charge is 0.256 e. The maximum Gasteiger partial charge on any atom is 0.256 e. The van der Waals surface area contributed by atoms with Gasteiger partial charge in [-0.15, -0.1) is 0 Å². The first-order valence-electron chi connectivity index (χ1n) is 8.69. The fraction of sp³-hybridized carbons (Fsp3) is 0.300. The van der Waals surface area contributed by atoms with Gasteiger partial charge in [-0.05, 0) is 35.4 Å². The van der Waals surface area contributed by atoms with Crippen LogP contribution in [0.25, 0.3) is 0 Å². The summed E-state index contributed by atoms with van der Waals surface area (Å²) in [6.07, 6.45) is 0. The molecule has 0 unspecified atom stereocenters. The monoisotopic (exact) mass is 352 g/mol. The predicted octanol–water partition coefficient (Wildman–Crippen LogP) is 2.44. The largest absolute Gasteiger partial charge is 0.378 e. The van der Waals surface area contributed by atoms with Crippen LogP contribution in [-0.4, -0.2) is 43.0 Å². The number of hydrogen-bond acceptors (Lipinski definition) is 4. The van der Waals surface area contributed by atoms with Crippen LogP contribution in [0.3, 0.4) is 0 Å². The summed E-state index contributed by atoms with van der Waals surface area (Å²) in [6, 6.07) is 12.7. The third-order valence-electron chi connectivity index (χ3n) is 4.69. The molecular weight excluding hydrogens is 332 g/mol. The van der Waals surface area contributed by atoms with Crippen molar-refractivity contribution < 1.29 is 19.1 Å². The van der Waals surface area contributed by atoms with E-state index in [0.29, 0.717) is 56.3 Å². The molecule has 2 aromatic rings. The molecular formula is C20H20N2O4. The van der Waals surface area contributed by atoms with Gasteiger partial charge < -0.3 is 19.7 Å². The molecule has 6 nitrogen and oxygen atoms in total. The van der Waals surface area contributed by atoms with Gasteiger partial charge in [0.2, 0.25) is 0 Å². The molecule has 0 radical (unpaired) electrons. The second kappa shape index (κ2) is 7.27. The number of nitrogens with one attached hydrogen (secondary N) is 1. The van der Waals surface area contributed by atoms with Crippen LogP contribution >= 0.6 is 0 Å². The molecule has 1 fully saturated rings. The standard InChI is InChI=1S/C20H20N2O4/c23-19(14-5-6-15-12-26-13-16(15)11-14)21-18-4-2-1-3-17(18)20(24)22-7-9-25-10-8-22/h1-6,11H,7-10,12-13H2,(H,21,23). The number of para-hydroxylation sites is 1. The van der Waals surface area contributed by atoms with Crippen LogP contribution in [0.15, 0.2) is 42.5 Å². The van der Waals surface area contributed by atoms with Gasteiger partial charge in [-0.1, -0.05) is 18.2 Å². The van der Waals surface area contributed by atoms with Gasteiger partial charge in [0.05, 0.1) is 37.7 Å². The van der Waals surface area contributed by atoms with Crippen molar-refractivity contribution in [3.63, 3.8) is 0 Å². The Balaban J connectivity index is 1.54. The van der Waals surface area contributed by atoms with Gasteiger partial charge in [0.25, 0.3) is 11.8 Å². The number of benzene rings is 2. The topological polar surface area (TPSA) is 67.9 Å². The molecule has 0 aliphatic carbocycles. The molecule has 2 aliphatic heterocycles. The lowest BCUT2D eigenvalue weighted by atomic mass is 10.1. The summed E-state index contributed by atoms with van der Waals surface area (Å²) in [6.45, 7) is 3.32. The van der Waals surface area contributed by atoms with Crippen LogP contribution in [0.2, 0.25) is 0 Å². The van der Waals surface area contributed by atoms with E-state index in [1.54, 1.807) is 29.2 Å².